The van der Waals surface area contributed by atoms with Crippen LogP contribution in [0, 0.1) is 24.5 Å². The number of Topliss-reactive ketones (excluding diaryl/α,β-unsaturated/α-hetero) is 1. The first-order chi connectivity index (χ1) is 13.0. The monoisotopic (exact) mass is 371 g/mol. The molecule has 0 aromatic heterocycles. The zero-order valence-corrected chi connectivity index (χ0v) is 15.3. The molecule has 2 saturated heterocycles. The van der Waals surface area contributed by atoms with Crippen molar-refractivity contribution in [1.29, 1.82) is 0 Å². The van der Waals surface area contributed by atoms with E-state index in [0.717, 1.165) is 12.6 Å². The van der Waals surface area contributed by atoms with Gasteiger partial charge < -0.3 is 4.74 Å². The van der Waals surface area contributed by atoms with E-state index in [1.807, 2.05) is 18.2 Å². The van der Waals surface area contributed by atoms with Crippen LogP contribution in [0.3, 0.4) is 0 Å². The minimum atomic E-state index is -0.925. The zero-order chi connectivity index (χ0) is 19.0. The highest BCUT2D eigenvalue weighted by molar-refractivity contribution is 5.99. The lowest BCUT2D eigenvalue weighted by atomic mass is 9.79. The number of fused-ring (bicyclic) bond motifs is 2. The standard InChI is InChI=1S/C22H23F2NO2/c1-14-19(7-8-20(23)21(14)24)22(26)16-9-17-12-27-13-18(10-16)25(17)11-15-5-3-2-4-6-15/h2-8,16-18H,9-13H2,1H3. The highest BCUT2D eigenvalue weighted by atomic mass is 19.2. The van der Waals surface area contributed by atoms with Crippen LogP contribution >= 0.6 is 0 Å². The summed E-state index contributed by atoms with van der Waals surface area (Å²) in [6, 6.07) is 13.1. The SMILES string of the molecule is Cc1c(C(=O)C2CC3COCC(C2)N3Cc2ccccc2)ccc(F)c1F. The number of halogens is 2. The molecular formula is C22H23F2NO2. The number of carbonyl (C=O) groups excluding carboxylic acids is 1. The summed E-state index contributed by atoms with van der Waals surface area (Å²) in [6.45, 7) is 3.51. The Bertz CT molecular complexity index is 826. The van der Waals surface area contributed by atoms with Crippen molar-refractivity contribution < 1.29 is 18.3 Å². The van der Waals surface area contributed by atoms with Crippen LogP contribution in [0.5, 0.6) is 0 Å². The van der Waals surface area contributed by atoms with E-state index in [1.165, 1.54) is 18.6 Å². The lowest BCUT2D eigenvalue weighted by molar-refractivity contribution is -0.0872. The zero-order valence-electron chi connectivity index (χ0n) is 15.3. The van der Waals surface area contributed by atoms with Gasteiger partial charge in [-0.05, 0) is 43.0 Å². The number of carbonyl (C=O) groups is 1. The van der Waals surface area contributed by atoms with Crippen LogP contribution in [0.15, 0.2) is 42.5 Å². The molecule has 2 aliphatic heterocycles. The smallest absolute Gasteiger partial charge is 0.166 e. The number of hydrogen-bond donors (Lipinski definition) is 0. The number of rotatable bonds is 4. The molecule has 2 aliphatic rings. The first-order valence-electron chi connectivity index (χ1n) is 9.41. The molecule has 2 bridgehead atoms. The van der Waals surface area contributed by atoms with Gasteiger partial charge in [-0.1, -0.05) is 30.3 Å². The van der Waals surface area contributed by atoms with Crippen LogP contribution in [0.1, 0.15) is 34.3 Å². The van der Waals surface area contributed by atoms with Gasteiger partial charge in [0, 0.05) is 30.1 Å². The van der Waals surface area contributed by atoms with Crippen LogP contribution in [0.2, 0.25) is 0 Å². The third-order valence-electron chi connectivity index (χ3n) is 5.86. The fourth-order valence-electron chi connectivity index (χ4n) is 4.40. The number of morpholine rings is 1. The van der Waals surface area contributed by atoms with Crippen molar-refractivity contribution in [2.24, 2.45) is 5.92 Å². The second kappa shape index (κ2) is 7.49. The summed E-state index contributed by atoms with van der Waals surface area (Å²) in [6.07, 6.45) is 1.36. The molecule has 3 nitrogen and oxygen atoms in total. The number of piperidine rings is 1. The molecule has 0 spiro atoms. The molecular weight excluding hydrogens is 348 g/mol. The van der Waals surface area contributed by atoms with E-state index in [4.69, 9.17) is 4.74 Å². The maximum atomic E-state index is 13.9. The van der Waals surface area contributed by atoms with Gasteiger partial charge in [0.1, 0.15) is 0 Å². The third-order valence-corrected chi connectivity index (χ3v) is 5.86. The topological polar surface area (TPSA) is 29.5 Å². The molecule has 0 aliphatic carbocycles. The second-order valence-corrected chi connectivity index (χ2v) is 7.57. The van der Waals surface area contributed by atoms with Gasteiger partial charge in [-0.3, -0.25) is 9.69 Å². The van der Waals surface area contributed by atoms with E-state index in [-0.39, 0.29) is 29.3 Å². The lowest BCUT2D eigenvalue weighted by Crippen LogP contribution is -2.57. The molecule has 0 radical (unpaired) electrons. The summed E-state index contributed by atoms with van der Waals surface area (Å²) in [7, 11) is 0. The summed E-state index contributed by atoms with van der Waals surface area (Å²) in [4.78, 5) is 15.5. The average molecular weight is 371 g/mol. The number of benzene rings is 2. The first-order valence-corrected chi connectivity index (χ1v) is 9.41. The molecule has 2 fully saturated rings. The van der Waals surface area contributed by atoms with E-state index < -0.39 is 11.6 Å². The Kier molecular flexibility index (Phi) is 5.06. The van der Waals surface area contributed by atoms with Crippen LogP contribution in [-0.2, 0) is 11.3 Å². The highest BCUT2D eigenvalue weighted by Gasteiger charge is 2.41. The predicted molar refractivity (Wildman–Crippen MR) is 98.5 cm³/mol. The van der Waals surface area contributed by atoms with Crippen LogP contribution < -0.4 is 0 Å². The number of ketones is 1. The van der Waals surface area contributed by atoms with Gasteiger partial charge in [0.25, 0.3) is 0 Å². The van der Waals surface area contributed by atoms with E-state index in [1.54, 1.807) is 0 Å². The molecule has 142 valence electrons. The van der Waals surface area contributed by atoms with Crippen LogP contribution in [0.25, 0.3) is 0 Å². The molecule has 4 rings (SSSR count). The Balaban J connectivity index is 1.53. The fourth-order valence-corrected chi connectivity index (χ4v) is 4.40. The molecule has 0 saturated carbocycles. The van der Waals surface area contributed by atoms with Crippen LogP contribution in [-0.4, -0.2) is 36.0 Å². The molecule has 2 unspecified atom stereocenters. The first kappa shape index (κ1) is 18.3. The van der Waals surface area contributed by atoms with E-state index in [2.05, 4.69) is 17.0 Å². The number of ether oxygens (including phenoxy) is 1. The molecule has 27 heavy (non-hydrogen) atoms. The van der Waals surface area contributed by atoms with Gasteiger partial charge in [0.15, 0.2) is 17.4 Å². The van der Waals surface area contributed by atoms with E-state index >= 15 is 0 Å². The molecule has 2 aromatic carbocycles. The molecule has 0 N–H and O–H groups in total. The molecule has 2 heterocycles. The van der Waals surface area contributed by atoms with Gasteiger partial charge in [0.05, 0.1) is 13.2 Å². The normalized spacial score (nSPS) is 25.4. The minimum Gasteiger partial charge on any atom is -0.378 e. The van der Waals surface area contributed by atoms with Gasteiger partial charge in [-0.2, -0.15) is 0 Å². The van der Waals surface area contributed by atoms with E-state index in [9.17, 15) is 13.6 Å². The Morgan fingerprint density at radius 2 is 1.74 bits per heavy atom. The Labute approximate surface area is 157 Å². The van der Waals surface area contributed by atoms with Gasteiger partial charge >= 0.3 is 0 Å². The quantitative estimate of drug-likeness (QED) is 0.757. The van der Waals surface area contributed by atoms with Crippen LogP contribution in [0.4, 0.5) is 8.78 Å². The summed E-state index contributed by atoms with van der Waals surface area (Å²) < 4.78 is 33.0. The summed E-state index contributed by atoms with van der Waals surface area (Å²) in [5, 5.41) is 0. The number of hydrogen-bond acceptors (Lipinski definition) is 3. The molecule has 0 amide bonds. The number of nitrogens with zero attached hydrogens (tertiary/aromatic N) is 1. The van der Waals surface area contributed by atoms with Crippen molar-refractivity contribution in [3.8, 4) is 0 Å². The Morgan fingerprint density at radius 3 is 2.41 bits per heavy atom. The second-order valence-electron chi connectivity index (χ2n) is 7.57. The Hall–Kier alpha value is -2.11. The minimum absolute atomic E-state index is 0.0809. The van der Waals surface area contributed by atoms with Crippen molar-refractivity contribution in [2.45, 2.75) is 38.4 Å². The summed E-state index contributed by atoms with van der Waals surface area (Å²) in [5.74, 6) is -2.10. The average Bonchev–Trinajstić information content (AvgIpc) is 2.66. The van der Waals surface area contributed by atoms with Gasteiger partial charge in [0.2, 0.25) is 0 Å². The maximum Gasteiger partial charge on any atom is 0.166 e. The van der Waals surface area contributed by atoms with Crippen molar-refractivity contribution >= 4 is 5.78 Å². The van der Waals surface area contributed by atoms with Crippen molar-refractivity contribution in [3.05, 3.63) is 70.8 Å². The van der Waals surface area contributed by atoms with Gasteiger partial charge in [-0.15, -0.1) is 0 Å². The van der Waals surface area contributed by atoms with Crippen molar-refractivity contribution in [2.75, 3.05) is 13.2 Å². The van der Waals surface area contributed by atoms with E-state index in [0.29, 0.717) is 31.6 Å². The molecule has 5 heteroatoms. The highest BCUT2D eigenvalue weighted by Crippen LogP contribution is 2.35. The van der Waals surface area contributed by atoms with Crippen molar-refractivity contribution in [3.63, 3.8) is 0 Å². The molecule has 2 atom stereocenters. The van der Waals surface area contributed by atoms with Gasteiger partial charge in [-0.25, -0.2) is 8.78 Å². The van der Waals surface area contributed by atoms with Crippen molar-refractivity contribution in [1.82, 2.24) is 4.90 Å². The maximum absolute atomic E-state index is 13.9. The Morgan fingerprint density at radius 1 is 1.07 bits per heavy atom. The predicted octanol–water partition coefficient (Wildman–Crippen LogP) is 4.14. The molecule has 2 aromatic rings. The fraction of sp³-hybridized carbons (Fsp3) is 0.409. The summed E-state index contributed by atoms with van der Waals surface area (Å²) in [5.41, 5.74) is 1.65. The third kappa shape index (κ3) is 3.54. The lowest BCUT2D eigenvalue weighted by Gasteiger charge is -2.48. The summed E-state index contributed by atoms with van der Waals surface area (Å²) >= 11 is 0. The largest absolute Gasteiger partial charge is 0.378 e.